The number of carbonyl (C=O) groups is 2. The summed E-state index contributed by atoms with van der Waals surface area (Å²) in [5, 5.41) is 11.7. The molecule has 0 saturated heterocycles. The Labute approximate surface area is 132 Å². The Morgan fingerprint density at radius 2 is 2.00 bits per heavy atom. The van der Waals surface area contributed by atoms with Gasteiger partial charge in [-0.1, -0.05) is 26.0 Å². The maximum atomic E-state index is 12.0. The lowest BCUT2D eigenvalue weighted by Gasteiger charge is -2.33. The van der Waals surface area contributed by atoms with Gasteiger partial charge in [0.05, 0.1) is 16.4 Å². The first-order valence-corrected chi connectivity index (χ1v) is 7.44. The molecule has 0 bridgehead atoms. The molecule has 0 fully saturated rings. The van der Waals surface area contributed by atoms with Crippen molar-refractivity contribution in [2.24, 2.45) is 5.92 Å². The van der Waals surface area contributed by atoms with Gasteiger partial charge in [-0.3, -0.25) is 9.59 Å². The molecule has 6 heteroatoms. The van der Waals surface area contributed by atoms with Crippen LogP contribution in [0.2, 0.25) is 0 Å². The first kappa shape index (κ1) is 17.5. The Balaban J connectivity index is 2.63. The molecule has 1 aromatic carbocycles. The zero-order chi connectivity index (χ0) is 16.0. The highest BCUT2D eigenvalue weighted by Gasteiger charge is 2.32. The van der Waals surface area contributed by atoms with E-state index in [4.69, 9.17) is 9.84 Å². The van der Waals surface area contributed by atoms with Crippen LogP contribution < -0.4 is 10.1 Å². The number of halogens is 1. The van der Waals surface area contributed by atoms with Crippen LogP contribution in [0.5, 0.6) is 5.75 Å². The van der Waals surface area contributed by atoms with Gasteiger partial charge in [-0.2, -0.15) is 0 Å². The number of carboxylic acid groups (broad SMARTS) is 1. The van der Waals surface area contributed by atoms with Gasteiger partial charge in [0, 0.05) is 0 Å². The molecule has 1 atom stereocenters. The minimum atomic E-state index is -0.946. The molecule has 0 heterocycles. The monoisotopic (exact) mass is 357 g/mol. The van der Waals surface area contributed by atoms with Gasteiger partial charge < -0.3 is 15.2 Å². The Kier molecular flexibility index (Phi) is 6.20. The van der Waals surface area contributed by atoms with Gasteiger partial charge >= 0.3 is 5.97 Å². The maximum Gasteiger partial charge on any atom is 0.305 e. The Morgan fingerprint density at radius 1 is 1.38 bits per heavy atom. The van der Waals surface area contributed by atoms with E-state index in [1.165, 1.54) is 0 Å². The van der Waals surface area contributed by atoms with E-state index in [2.05, 4.69) is 21.2 Å². The highest BCUT2D eigenvalue weighted by Crippen LogP contribution is 2.24. The standard InChI is InChI=1S/C15H20BrNO4/c1-10(2)15(3,8-14(19)20)17-13(18)9-21-12-7-5-4-6-11(12)16/h4-7,10H,8-9H2,1-3H3,(H,17,18)(H,19,20). The number of para-hydroxylation sites is 1. The molecule has 5 nitrogen and oxygen atoms in total. The minimum absolute atomic E-state index is 0.0130. The Bertz CT molecular complexity index is 518. The van der Waals surface area contributed by atoms with Crippen LogP contribution in [0, 0.1) is 5.92 Å². The summed E-state index contributed by atoms with van der Waals surface area (Å²) in [6, 6.07) is 7.21. The van der Waals surface area contributed by atoms with Crippen LogP contribution in [0.15, 0.2) is 28.7 Å². The van der Waals surface area contributed by atoms with Crippen LogP contribution in [-0.4, -0.2) is 29.1 Å². The van der Waals surface area contributed by atoms with E-state index in [1.807, 2.05) is 26.0 Å². The molecule has 1 rings (SSSR count). The van der Waals surface area contributed by atoms with Crippen molar-refractivity contribution in [2.45, 2.75) is 32.7 Å². The van der Waals surface area contributed by atoms with Crippen LogP contribution in [0.3, 0.4) is 0 Å². The third-order valence-electron chi connectivity index (χ3n) is 3.41. The van der Waals surface area contributed by atoms with Gasteiger partial charge in [0.25, 0.3) is 5.91 Å². The molecule has 1 amide bonds. The van der Waals surface area contributed by atoms with Gasteiger partial charge in [-0.25, -0.2) is 0 Å². The van der Waals surface area contributed by atoms with Gasteiger partial charge in [0.1, 0.15) is 5.75 Å². The predicted octanol–water partition coefficient (Wildman–Crippen LogP) is 2.83. The number of amides is 1. The SMILES string of the molecule is CC(C)C(C)(CC(=O)O)NC(=O)COc1ccccc1Br. The molecule has 1 unspecified atom stereocenters. The molecule has 21 heavy (non-hydrogen) atoms. The van der Waals surface area contributed by atoms with E-state index in [0.29, 0.717) is 5.75 Å². The van der Waals surface area contributed by atoms with Crippen molar-refractivity contribution < 1.29 is 19.4 Å². The van der Waals surface area contributed by atoms with Crippen molar-refractivity contribution in [3.8, 4) is 5.75 Å². The zero-order valence-electron chi connectivity index (χ0n) is 12.4. The molecular formula is C15H20BrNO4. The van der Waals surface area contributed by atoms with Crippen molar-refractivity contribution in [1.29, 1.82) is 0 Å². The highest BCUT2D eigenvalue weighted by atomic mass is 79.9. The van der Waals surface area contributed by atoms with Gasteiger partial charge in [-0.15, -0.1) is 0 Å². The number of hydrogen-bond donors (Lipinski definition) is 2. The quantitative estimate of drug-likeness (QED) is 0.786. The first-order chi connectivity index (χ1) is 9.74. The van der Waals surface area contributed by atoms with Crippen LogP contribution >= 0.6 is 15.9 Å². The lowest BCUT2D eigenvalue weighted by atomic mass is 9.85. The van der Waals surface area contributed by atoms with Gasteiger partial charge in [0.15, 0.2) is 6.61 Å². The summed E-state index contributed by atoms with van der Waals surface area (Å²) >= 11 is 3.33. The summed E-state index contributed by atoms with van der Waals surface area (Å²) in [5.41, 5.74) is -0.805. The fraction of sp³-hybridized carbons (Fsp3) is 0.467. The summed E-state index contributed by atoms with van der Waals surface area (Å²) in [6.45, 7) is 5.31. The molecular weight excluding hydrogens is 338 g/mol. The summed E-state index contributed by atoms with van der Waals surface area (Å²) < 4.78 is 6.18. The third kappa shape index (κ3) is 5.38. The molecule has 0 aliphatic carbocycles. The van der Waals surface area contributed by atoms with E-state index in [-0.39, 0.29) is 24.9 Å². The summed E-state index contributed by atoms with van der Waals surface area (Å²) in [7, 11) is 0. The fourth-order valence-electron chi connectivity index (χ4n) is 1.77. The van der Waals surface area contributed by atoms with Crippen molar-refractivity contribution in [1.82, 2.24) is 5.32 Å². The number of hydrogen-bond acceptors (Lipinski definition) is 3. The first-order valence-electron chi connectivity index (χ1n) is 6.65. The van der Waals surface area contributed by atoms with Gasteiger partial charge in [-0.05, 0) is 40.9 Å². The predicted molar refractivity (Wildman–Crippen MR) is 83.3 cm³/mol. The summed E-state index contributed by atoms with van der Waals surface area (Å²) in [5.74, 6) is -0.737. The molecule has 0 aliphatic rings. The molecule has 0 radical (unpaired) electrons. The maximum absolute atomic E-state index is 12.0. The van der Waals surface area contributed by atoms with E-state index < -0.39 is 11.5 Å². The fourth-order valence-corrected chi connectivity index (χ4v) is 2.17. The highest BCUT2D eigenvalue weighted by molar-refractivity contribution is 9.10. The normalized spacial score (nSPS) is 13.6. The number of carboxylic acids is 1. The number of carbonyl (C=O) groups excluding carboxylic acids is 1. The smallest absolute Gasteiger partial charge is 0.305 e. The van der Waals surface area contributed by atoms with E-state index >= 15 is 0 Å². The van der Waals surface area contributed by atoms with E-state index in [1.54, 1.807) is 19.1 Å². The molecule has 1 aromatic rings. The van der Waals surface area contributed by atoms with Crippen LogP contribution in [-0.2, 0) is 9.59 Å². The molecule has 0 aromatic heterocycles. The average molecular weight is 358 g/mol. The molecule has 0 aliphatic heterocycles. The second-order valence-electron chi connectivity index (χ2n) is 5.41. The van der Waals surface area contributed by atoms with Crippen molar-refractivity contribution in [2.75, 3.05) is 6.61 Å². The van der Waals surface area contributed by atoms with Crippen LogP contribution in [0.1, 0.15) is 27.2 Å². The Morgan fingerprint density at radius 3 is 2.52 bits per heavy atom. The number of ether oxygens (including phenoxy) is 1. The number of aliphatic carboxylic acids is 1. The van der Waals surface area contributed by atoms with Crippen LogP contribution in [0.4, 0.5) is 0 Å². The van der Waals surface area contributed by atoms with Crippen molar-refractivity contribution >= 4 is 27.8 Å². The minimum Gasteiger partial charge on any atom is -0.483 e. The zero-order valence-corrected chi connectivity index (χ0v) is 13.9. The lowest BCUT2D eigenvalue weighted by Crippen LogP contribution is -2.52. The molecule has 0 saturated carbocycles. The third-order valence-corrected chi connectivity index (χ3v) is 4.07. The van der Waals surface area contributed by atoms with E-state index in [9.17, 15) is 9.59 Å². The molecule has 2 N–H and O–H groups in total. The number of benzene rings is 1. The lowest BCUT2D eigenvalue weighted by molar-refractivity contribution is -0.139. The van der Waals surface area contributed by atoms with Gasteiger partial charge in [0.2, 0.25) is 0 Å². The van der Waals surface area contributed by atoms with E-state index in [0.717, 1.165) is 4.47 Å². The van der Waals surface area contributed by atoms with Crippen molar-refractivity contribution in [3.63, 3.8) is 0 Å². The molecule has 0 spiro atoms. The Hall–Kier alpha value is -1.56. The second kappa shape index (κ2) is 7.45. The second-order valence-corrected chi connectivity index (χ2v) is 6.26. The molecule has 116 valence electrons. The topological polar surface area (TPSA) is 75.6 Å². The summed E-state index contributed by atoms with van der Waals surface area (Å²) in [6.07, 6.45) is -0.133. The number of rotatable bonds is 7. The average Bonchev–Trinajstić information content (AvgIpc) is 2.36. The summed E-state index contributed by atoms with van der Waals surface area (Å²) in [4.78, 5) is 22.9. The largest absolute Gasteiger partial charge is 0.483 e. The van der Waals surface area contributed by atoms with Crippen molar-refractivity contribution in [3.05, 3.63) is 28.7 Å². The van der Waals surface area contributed by atoms with Crippen LogP contribution in [0.25, 0.3) is 0 Å². The number of nitrogens with one attached hydrogen (secondary N) is 1.